The third-order valence-corrected chi connectivity index (χ3v) is 2.03. The summed E-state index contributed by atoms with van der Waals surface area (Å²) in [5.74, 6) is -0.164. The zero-order valence-corrected chi connectivity index (χ0v) is 8.50. The van der Waals surface area contributed by atoms with Gasteiger partial charge >= 0.3 is 0 Å². The zero-order chi connectivity index (χ0) is 11.2. The van der Waals surface area contributed by atoms with Crippen molar-refractivity contribution in [2.45, 2.75) is 12.8 Å². The SMILES string of the molecule is [O-]C(CCc1ccccc1)=Nc1nn[nH]n1. The highest BCUT2D eigenvalue weighted by Crippen LogP contribution is 2.04. The molecule has 0 atom stereocenters. The summed E-state index contributed by atoms with van der Waals surface area (Å²) in [7, 11) is 0. The monoisotopic (exact) mass is 216 g/mol. The average molecular weight is 216 g/mol. The summed E-state index contributed by atoms with van der Waals surface area (Å²) in [5, 5.41) is 24.1. The minimum Gasteiger partial charge on any atom is -0.862 e. The van der Waals surface area contributed by atoms with Crippen molar-refractivity contribution in [2.75, 3.05) is 0 Å². The molecule has 0 saturated carbocycles. The van der Waals surface area contributed by atoms with Crippen LogP contribution in [0, 0.1) is 0 Å². The van der Waals surface area contributed by atoms with E-state index in [0.29, 0.717) is 12.8 Å². The van der Waals surface area contributed by atoms with E-state index in [2.05, 4.69) is 25.6 Å². The fourth-order valence-electron chi connectivity index (χ4n) is 1.27. The van der Waals surface area contributed by atoms with E-state index in [1.54, 1.807) is 0 Å². The molecular weight excluding hydrogens is 206 g/mol. The first-order chi connectivity index (χ1) is 7.84. The first-order valence-corrected chi connectivity index (χ1v) is 4.86. The van der Waals surface area contributed by atoms with Crippen LogP contribution in [0.25, 0.3) is 0 Å². The van der Waals surface area contributed by atoms with E-state index in [-0.39, 0.29) is 11.8 Å². The molecule has 0 fully saturated rings. The summed E-state index contributed by atoms with van der Waals surface area (Å²) in [6.07, 6.45) is 1.01. The number of benzene rings is 1. The minimum absolute atomic E-state index is 0.0815. The lowest BCUT2D eigenvalue weighted by Gasteiger charge is -2.08. The largest absolute Gasteiger partial charge is 0.862 e. The Kier molecular flexibility index (Phi) is 3.22. The third-order valence-electron chi connectivity index (χ3n) is 2.03. The van der Waals surface area contributed by atoms with E-state index in [0.717, 1.165) is 5.56 Å². The summed E-state index contributed by atoms with van der Waals surface area (Å²) < 4.78 is 0. The number of aromatic amines is 1. The Hall–Kier alpha value is -2.24. The highest BCUT2D eigenvalue weighted by Gasteiger charge is 1.94. The molecule has 82 valence electrons. The molecule has 1 aromatic carbocycles. The second-order valence-corrected chi connectivity index (χ2v) is 3.20. The second-order valence-electron chi connectivity index (χ2n) is 3.20. The third kappa shape index (κ3) is 2.88. The topological polar surface area (TPSA) is 89.9 Å². The Morgan fingerprint density at radius 3 is 2.81 bits per heavy atom. The maximum atomic E-state index is 11.4. The van der Waals surface area contributed by atoms with E-state index >= 15 is 0 Å². The van der Waals surface area contributed by atoms with Crippen LogP contribution < -0.4 is 5.11 Å². The van der Waals surface area contributed by atoms with Crippen molar-refractivity contribution >= 4 is 11.8 Å². The van der Waals surface area contributed by atoms with Crippen LogP contribution in [0.1, 0.15) is 12.0 Å². The van der Waals surface area contributed by atoms with Crippen LogP contribution in [-0.4, -0.2) is 26.5 Å². The molecule has 2 aromatic rings. The van der Waals surface area contributed by atoms with E-state index in [9.17, 15) is 5.11 Å². The molecule has 1 N–H and O–H groups in total. The minimum atomic E-state index is -0.245. The quantitative estimate of drug-likeness (QED) is 0.584. The van der Waals surface area contributed by atoms with Crippen molar-refractivity contribution in [1.29, 1.82) is 0 Å². The summed E-state index contributed by atoms with van der Waals surface area (Å²) >= 11 is 0. The Morgan fingerprint density at radius 1 is 1.31 bits per heavy atom. The van der Waals surface area contributed by atoms with Crippen LogP contribution in [0.15, 0.2) is 35.3 Å². The summed E-state index contributed by atoms with van der Waals surface area (Å²) in [6, 6.07) is 9.77. The predicted octanol–water partition coefficient (Wildman–Crippen LogP) is 0.223. The lowest BCUT2D eigenvalue weighted by Crippen LogP contribution is -2.17. The molecule has 6 nitrogen and oxygen atoms in total. The van der Waals surface area contributed by atoms with Gasteiger partial charge < -0.3 is 5.11 Å². The molecule has 1 heterocycles. The van der Waals surface area contributed by atoms with Gasteiger partial charge in [-0.05, 0) is 29.5 Å². The molecule has 0 aliphatic carbocycles. The number of aromatic nitrogens is 4. The first-order valence-electron chi connectivity index (χ1n) is 4.86. The van der Waals surface area contributed by atoms with Crippen molar-refractivity contribution in [2.24, 2.45) is 4.99 Å². The fraction of sp³-hybridized carbons (Fsp3) is 0.200. The molecule has 0 amide bonds. The van der Waals surface area contributed by atoms with E-state index in [1.165, 1.54) is 0 Å². The molecule has 6 heteroatoms. The lowest BCUT2D eigenvalue weighted by atomic mass is 10.1. The van der Waals surface area contributed by atoms with Crippen LogP contribution in [0.3, 0.4) is 0 Å². The summed E-state index contributed by atoms with van der Waals surface area (Å²) in [5.41, 5.74) is 1.11. The number of hydrogen-bond acceptors (Lipinski definition) is 5. The molecule has 0 aliphatic rings. The van der Waals surface area contributed by atoms with Crippen LogP contribution in [-0.2, 0) is 6.42 Å². The maximum absolute atomic E-state index is 11.4. The van der Waals surface area contributed by atoms with Crippen molar-refractivity contribution in [3.05, 3.63) is 35.9 Å². The highest BCUT2D eigenvalue weighted by molar-refractivity contribution is 5.73. The smallest absolute Gasteiger partial charge is 0.287 e. The number of nitrogens with zero attached hydrogens (tertiary/aromatic N) is 4. The van der Waals surface area contributed by atoms with Gasteiger partial charge in [-0.2, -0.15) is 5.21 Å². The number of hydrogen-bond donors (Lipinski definition) is 1. The van der Waals surface area contributed by atoms with Crippen LogP contribution in [0.5, 0.6) is 0 Å². The Labute approximate surface area is 92.0 Å². The van der Waals surface area contributed by atoms with Gasteiger partial charge in [-0.25, -0.2) is 4.99 Å². The van der Waals surface area contributed by atoms with Crippen molar-refractivity contribution < 1.29 is 5.11 Å². The van der Waals surface area contributed by atoms with Crippen LogP contribution in [0.2, 0.25) is 0 Å². The van der Waals surface area contributed by atoms with Gasteiger partial charge in [0.1, 0.15) is 0 Å². The van der Waals surface area contributed by atoms with Gasteiger partial charge in [0.15, 0.2) is 0 Å². The first kappa shape index (κ1) is 10.3. The van der Waals surface area contributed by atoms with Gasteiger partial charge in [0.05, 0.1) is 0 Å². The van der Waals surface area contributed by atoms with Crippen LogP contribution in [0.4, 0.5) is 5.95 Å². The molecule has 0 radical (unpaired) electrons. The lowest BCUT2D eigenvalue weighted by molar-refractivity contribution is -0.218. The van der Waals surface area contributed by atoms with Crippen molar-refractivity contribution in [1.82, 2.24) is 20.6 Å². The number of H-pyrrole nitrogens is 1. The molecule has 0 spiro atoms. The molecule has 0 unspecified atom stereocenters. The number of tetrazole rings is 1. The molecule has 1 aromatic heterocycles. The molecule has 0 aliphatic heterocycles. The Morgan fingerprint density at radius 2 is 2.12 bits per heavy atom. The van der Waals surface area contributed by atoms with Gasteiger partial charge in [0.25, 0.3) is 5.95 Å². The van der Waals surface area contributed by atoms with E-state index < -0.39 is 0 Å². The Balaban J connectivity index is 1.91. The predicted molar refractivity (Wildman–Crippen MR) is 56.0 cm³/mol. The standard InChI is InChI=1S/C10H11N5O/c16-9(11-10-12-14-15-13-10)7-6-8-4-2-1-3-5-8/h1-5H,6-7H2,(H2,11,12,13,14,15,16)/p-1. The van der Waals surface area contributed by atoms with Gasteiger partial charge in [0, 0.05) is 0 Å². The molecule has 0 bridgehead atoms. The fourth-order valence-corrected chi connectivity index (χ4v) is 1.27. The maximum Gasteiger partial charge on any atom is 0.287 e. The number of aryl methyl sites for hydroxylation is 1. The zero-order valence-electron chi connectivity index (χ0n) is 8.50. The molecule has 2 rings (SSSR count). The van der Waals surface area contributed by atoms with Crippen molar-refractivity contribution in [3.8, 4) is 0 Å². The summed E-state index contributed by atoms with van der Waals surface area (Å²) in [4.78, 5) is 3.68. The van der Waals surface area contributed by atoms with Crippen molar-refractivity contribution in [3.63, 3.8) is 0 Å². The molecule has 16 heavy (non-hydrogen) atoms. The van der Waals surface area contributed by atoms with Gasteiger partial charge in [-0.15, -0.1) is 5.10 Å². The van der Waals surface area contributed by atoms with Gasteiger partial charge in [0.2, 0.25) is 0 Å². The number of rotatable bonds is 4. The highest BCUT2D eigenvalue weighted by atomic mass is 16.3. The second kappa shape index (κ2) is 5.01. The normalized spacial score (nSPS) is 11.6. The van der Waals surface area contributed by atoms with Crippen LogP contribution >= 0.6 is 0 Å². The van der Waals surface area contributed by atoms with E-state index in [4.69, 9.17) is 0 Å². The number of nitrogens with one attached hydrogen (secondary N) is 1. The molecular formula is C10H10N5O-. The number of aliphatic imine (C=N–C) groups is 1. The summed E-state index contributed by atoms with van der Waals surface area (Å²) in [6.45, 7) is 0. The van der Waals surface area contributed by atoms with Gasteiger partial charge in [-0.3, -0.25) is 0 Å². The molecule has 0 saturated heterocycles. The Bertz CT molecular complexity index is 451. The van der Waals surface area contributed by atoms with E-state index in [1.807, 2.05) is 30.3 Å². The average Bonchev–Trinajstić information content (AvgIpc) is 2.81. The van der Waals surface area contributed by atoms with Gasteiger partial charge in [-0.1, -0.05) is 35.4 Å².